The minimum Gasteiger partial charge on any atom is -0.110 e. The van der Waals surface area contributed by atoms with Gasteiger partial charge in [-0.05, 0) is 46.5 Å². The van der Waals surface area contributed by atoms with E-state index in [-0.39, 0.29) is 21.9 Å². The first-order valence-corrected chi connectivity index (χ1v) is 7.31. The van der Waals surface area contributed by atoms with Crippen molar-refractivity contribution in [1.82, 2.24) is 0 Å². The summed E-state index contributed by atoms with van der Waals surface area (Å²) in [6.07, 6.45) is 0. The minimum absolute atomic E-state index is 0.247. The number of hydrogen-bond donors (Lipinski definition) is 0. The third kappa shape index (κ3) is 2.04. The third-order valence-corrected chi connectivity index (χ3v) is 4.82. The van der Waals surface area contributed by atoms with Crippen LogP contribution < -0.4 is 43.7 Å². The second-order valence-electron chi connectivity index (χ2n) is 6.06. The van der Waals surface area contributed by atoms with E-state index in [0.29, 0.717) is 43.4 Å². The highest BCUT2D eigenvalue weighted by molar-refractivity contribution is 6.69. The van der Waals surface area contributed by atoms with Crippen LogP contribution in [0.4, 0.5) is 0 Å². The van der Waals surface area contributed by atoms with Crippen molar-refractivity contribution in [3.8, 4) is 0 Å². The van der Waals surface area contributed by atoms with E-state index >= 15 is 0 Å². The molecule has 16 radical (unpaired) electrons. The maximum absolute atomic E-state index is 6.22. The molecule has 0 aliphatic heterocycles. The minimum atomic E-state index is 0.247. The van der Waals surface area contributed by atoms with Crippen molar-refractivity contribution >= 4 is 128 Å². The molecule has 0 saturated carbocycles. The predicted octanol–water partition coefficient (Wildman–Crippen LogP) is -5.04. The number of fused-ring (bicyclic) bond motifs is 2. The van der Waals surface area contributed by atoms with Crippen molar-refractivity contribution in [2.24, 2.45) is 0 Å². The van der Waals surface area contributed by atoms with Crippen molar-refractivity contribution in [3.63, 3.8) is 0 Å². The Morgan fingerprint density at radius 2 is 0.500 bits per heavy atom. The average Bonchev–Trinajstić information content (AvgIpc) is 2.55. The van der Waals surface area contributed by atoms with Crippen molar-refractivity contribution in [1.29, 1.82) is 0 Å². The molecule has 0 saturated heterocycles. The summed E-state index contributed by atoms with van der Waals surface area (Å²) in [5.74, 6) is 0. The summed E-state index contributed by atoms with van der Waals surface area (Å²) < 4.78 is 0. The molecule has 3 rings (SSSR count). The van der Waals surface area contributed by atoms with Crippen LogP contribution >= 0.6 is 0 Å². The molecule has 0 unspecified atom stereocenters. The van der Waals surface area contributed by atoms with Gasteiger partial charge in [-0.25, -0.2) is 0 Å². The molecule has 0 N–H and O–H groups in total. The second kappa shape index (κ2) is 5.61. The van der Waals surface area contributed by atoms with Gasteiger partial charge in [-0.1, -0.05) is 21.9 Å². The van der Waals surface area contributed by atoms with E-state index in [1.54, 1.807) is 0 Å². The van der Waals surface area contributed by atoms with Crippen molar-refractivity contribution in [3.05, 3.63) is 11.1 Å². The Morgan fingerprint density at radius 3 is 0.667 bits per heavy atom. The van der Waals surface area contributed by atoms with Crippen LogP contribution in [-0.4, -0.2) is 62.8 Å². The lowest BCUT2D eigenvalue weighted by Gasteiger charge is -2.26. The van der Waals surface area contributed by atoms with Crippen LogP contribution in [0.5, 0.6) is 0 Å². The monoisotopic (exact) mass is 286 g/mol. The summed E-state index contributed by atoms with van der Waals surface area (Å²) in [6.45, 7) is 3.72. The van der Waals surface area contributed by atoms with E-state index in [2.05, 4.69) is 0 Å². The number of benzene rings is 3. The Labute approximate surface area is 153 Å². The number of aryl methyl sites for hydroxylation is 2. The highest BCUT2D eigenvalue weighted by Gasteiger charge is 2.18. The molecule has 3 aromatic carbocycles. The Bertz CT molecular complexity index is 888. The number of rotatable bonds is 0. The fraction of sp³-hybridized carbons (Fsp3) is 0.125. The Hall–Kier alpha value is -1.30. The molecule has 0 nitrogen and oxygen atoms in total. The smallest absolute Gasteiger partial charge is 0.110 e. The largest absolute Gasteiger partial charge is 0.113 e. The first kappa shape index (κ1) is 17.5. The zero-order chi connectivity index (χ0) is 18.1. The lowest BCUT2D eigenvalue weighted by molar-refractivity contribution is 1.56. The normalized spacial score (nSPS) is 11.4. The van der Waals surface area contributed by atoms with Crippen LogP contribution in [0.1, 0.15) is 11.1 Å². The van der Waals surface area contributed by atoms with Gasteiger partial charge in [-0.3, -0.25) is 0 Å². The predicted molar refractivity (Wildman–Crippen MR) is 114 cm³/mol. The van der Waals surface area contributed by atoms with Crippen LogP contribution in [0.2, 0.25) is 0 Å². The first-order valence-electron chi connectivity index (χ1n) is 7.31. The lowest BCUT2D eigenvalue weighted by atomic mass is 9.60. The lowest BCUT2D eigenvalue weighted by Crippen LogP contribution is -2.50. The van der Waals surface area contributed by atoms with Crippen molar-refractivity contribution < 1.29 is 0 Å². The fourth-order valence-electron chi connectivity index (χ4n) is 3.47. The topological polar surface area (TPSA) is 0 Å². The molecule has 0 aromatic heterocycles. The van der Waals surface area contributed by atoms with E-state index < -0.39 is 0 Å². The van der Waals surface area contributed by atoms with Gasteiger partial charge in [0.1, 0.15) is 62.8 Å². The van der Waals surface area contributed by atoms with E-state index in [0.717, 1.165) is 11.1 Å². The zero-order valence-corrected chi connectivity index (χ0v) is 13.6. The Balaban J connectivity index is 2.82. The molecule has 0 bridgehead atoms. The molecule has 0 fully saturated rings. The molecule has 0 atom stereocenters. The second-order valence-corrected chi connectivity index (χ2v) is 6.06. The van der Waals surface area contributed by atoms with Crippen LogP contribution in [0.25, 0.3) is 21.5 Å². The summed E-state index contributed by atoms with van der Waals surface area (Å²) in [5, 5.41) is 2.78. The first-order chi connectivity index (χ1) is 11.1. The summed E-state index contributed by atoms with van der Waals surface area (Å²) in [4.78, 5) is 0. The van der Waals surface area contributed by atoms with Gasteiger partial charge in [0, 0.05) is 0 Å². The Morgan fingerprint density at radius 1 is 0.333 bits per heavy atom. The highest BCUT2D eigenvalue weighted by Crippen LogP contribution is 2.26. The van der Waals surface area contributed by atoms with Crippen LogP contribution in [0, 0.1) is 13.8 Å². The Kier molecular flexibility index (Phi) is 4.10. The van der Waals surface area contributed by atoms with Gasteiger partial charge < -0.3 is 0 Å². The maximum atomic E-state index is 6.22. The summed E-state index contributed by atoms with van der Waals surface area (Å²) in [5.41, 5.74) is 3.96. The molecule has 24 heavy (non-hydrogen) atoms. The van der Waals surface area contributed by atoms with Gasteiger partial charge in [-0.15, -0.1) is 21.9 Å². The molecule has 0 spiro atoms. The standard InChI is InChI=1S/C16H6B8/c1-3-5-7(11(19)15(23)13(21)9(5)17)4(2)8-6(3)10(18)14(22)16(24)12(8)20/h1-2H3. The molecular formula is C16H6B8. The van der Waals surface area contributed by atoms with Crippen molar-refractivity contribution in [2.75, 3.05) is 0 Å². The van der Waals surface area contributed by atoms with E-state index in [1.165, 1.54) is 0 Å². The molecule has 3 aromatic rings. The zero-order valence-electron chi connectivity index (χ0n) is 13.6. The van der Waals surface area contributed by atoms with Crippen LogP contribution in [0.15, 0.2) is 0 Å². The van der Waals surface area contributed by atoms with Crippen LogP contribution in [-0.2, 0) is 0 Å². The van der Waals surface area contributed by atoms with Gasteiger partial charge in [0.15, 0.2) is 0 Å². The van der Waals surface area contributed by atoms with Gasteiger partial charge in [0.05, 0.1) is 0 Å². The summed E-state index contributed by atoms with van der Waals surface area (Å²) in [6, 6.07) is 0. The fourth-order valence-corrected chi connectivity index (χ4v) is 3.47. The van der Waals surface area contributed by atoms with Gasteiger partial charge in [0.25, 0.3) is 0 Å². The van der Waals surface area contributed by atoms with E-state index in [1.807, 2.05) is 13.8 Å². The van der Waals surface area contributed by atoms with Crippen LogP contribution in [0.3, 0.4) is 0 Å². The van der Waals surface area contributed by atoms with E-state index in [9.17, 15) is 0 Å². The van der Waals surface area contributed by atoms with E-state index in [4.69, 9.17) is 62.8 Å². The maximum Gasteiger partial charge on any atom is 0.113 e. The molecule has 0 aliphatic rings. The SMILES string of the molecule is [B]c1c([B])c([B])c2c(C)c3c([B])c([B])c([B])c([B])c3c(C)c2c1[B]. The summed E-state index contributed by atoms with van der Waals surface area (Å²) >= 11 is 0. The van der Waals surface area contributed by atoms with Gasteiger partial charge >= 0.3 is 0 Å². The van der Waals surface area contributed by atoms with Gasteiger partial charge in [0.2, 0.25) is 0 Å². The molecule has 0 heterocycles. The van der Waals surface area contributed by atoms with Gasteiger partial charge in [-0.2, -0.15) is 0 Å². The quantitative estimate of drug-likeness (QED) is 0.286. The molecule has 0 aliphatic carbocycles. The molecule has 8 heteroatoms. The highest BCUT2D eigenvalue weighted by atomic mass is 14.2. The molecule has 0 amide bonds. The summed E-state index contributed by atoms with van der Waals surface area (Å²) in [7, 11) is 48.9. The van der Waals surface area contributed by atoms with Crippen molar-refractivity contribution in [2.45, 2.75) is 13.8 Å². The average molecular weight is 285 g/mol. The molecular weight excluding hydrogens is 279 g/mol. The third-order valence-electron chi connectivity index (χ3n) is 4.82. The number of hydrogen-bond acceptors (Lipinski definition) is 0. The molecule has 94 valence electrons.